The number of piperidine rings is 1. The number of aryl methyl sites for hydroxylation is 1. The van der Waals surface area contributed by atoms with Gasteiger partial charge in [0.25, 0.3) is 0 Å². The molecule has 2 aliphatic heterocycles. The zero-order chi connectivity index (χ0) is 16.2. The summed E-state index contributed by atoms with van der Waals surface area (Å²) in [7, 11) is 0. The molecule has 2 aliphatic rings. The molecule has 23 heavy (non-hydrogen) atoms. The van der Waals surface area contributed by atoms with Gasteiger partial charge in [0.2, 0.25) is 5.91 Å². The predicted molar refractivity (Wildman–Crippen MR) is 91.3 cm³/mol. The van der Waals surface area contributed by atoms with E-state index < -0.39 is 0 Å². The summed E-state index contributed by atoms with van der Waals surface area (Å²) in [5.74, 6) is 1.50. The van der Waals surface area contributed by atoms with Crippen LogP contribution in [0.25, 0.3) is 0 Å². The molecule has 3 rings (SSSR count). The second-order valence-corrected chi connectivity index (χ2v) is 6.88. The molecule has 1 amide bonds. The van der Waals surface area contributed by atoms with Gasteiger partial charge in [0, 0.05) is 31.9 Å². The molecule has 0 N–H and O–H groups in total. The van der Waals surface area contributed by atoms with Crippen LogP contribution in [0, 0.1) is 0 Å². The van der Waals surface area contributed by atoms with Crippen molar-refractivity contribution in [2.24, 2.45) is 0 Å². The number of imidazole rings is 1. The first-order chi connectivity index (χ1) is 11.2. The highest BCUT2D eigenvalue weighted by molar-refractivity contribution is 5.82. The molecular formula is C18H30N4O. The van der Waals surface area contributed by atoms with Gasteiger partial charge in [-0.25, -0.2) is 4.98 Å². The smallest absolute Gasteiger partial charge is 0.239 e. The Bertz CT molecular complexity index is 527. The monoisotopic (exact) mass is 318 g/mol. The minimum absolute atomic E-state index is 0.127. The maximum atomic E-state index is 13.0. The van der Waals surface area contributed by atoms with Crippen LogP contribution in [-0.4, -0.2) is 57.5 Å². The molecule has 0 radical (unpaired) electrons. The van der Waals surface area contributed by atoms with Crippen molar-refractivity contribution in [3.63, 3.8) is 0 Å². The Morgan fingerprint density at radius 1 is 1.26 bits per heavy atom. The predicted octanol–water partition coefficient (Wildman–Crippen LogP) is 2.48. The number of carbonyl (C=O) groups is 1. The van der Waals surface area contributed by atoms with E-state index in [2.05, 4.69) is 39.4 Å². The topological polar surface area (TPSA) is 41.4 Å². The number of nitrogens with zero attached hydrogens (tertiary/aromatic N) is 4. The van der Waals surface area contributed by atoms with Crippen LogP contribution in [0.3, 0.4) is 0 Å². The molecule has 0 aliphatic carbocycles. The summed E-state index contributed by atoms with van der Waals surface area (Å²) in [6.07, 6.45) is 10.5. The van der Waals surface area contributed by atoms with Gasteiger partial charge in [0.1, 0.15) is 5.82 Å². The highest BCUT2D eigenvalue weighted by Gasteiger charge is 2.35. The maximum absolute atomic E-state index is 13.0. The summed E-state index contributed by atoms with van der Waals surface area (Å²) in [4.78, 5) is 22.0. The van der Waals surface area contributed by atoms with Gasteiger partial charge in [-0.2, -0.15) is 0 Å². The van der Waals surface area contributed by atoms with E-state index in [1.807, 2.05) is 6.20 Å². The molecule has 1 aromatic rings. The molecule has 0 spiro atoms. The Hall–Kier alpha value is -1.36. The molecule has 5 heteroatoms. The molecule has 3 heterocycles. The Labute approximate surface area is 139 Å². The SMILES string of the molecule is CCCN1CCC[C@H]1C(=O)N1CCC[C@@H](n2ccnc2CC)C1. The van der Waals surface area contributed by atoms with Crippen LogP contribution in [0.5, 0.6) is 0 Å². The van der Waals surface area contributed by atoms with Gasteiger partial charge in [-0.1, -0.05) is 13.8 Å². The number of hydrogen-bond acceptors (Lipinski definition) is 3. The number of carbonyl (C=O) groups excluding carboxylic acids is 1. The molecule has 0 bridgehead atoms. The standard InChI is InChI=1S/C18H30N4O/c1-3-10-20-11-6-8-16(20)18(23)21-12-5-7-15(14-21)22-13-9-19-17(22)4-2/h9,13,15-16H,3-8,10-12,14H2,1-2H3/t15-,16+/m1/s1. The molecule has 0 saturated carbocycles. The maximum Gasteiger partial charge on any atom is 0.239 e. The number of amides is 1. The number of likely N-dealkylation sites (tertiary alicyclic amines) is 2. The lowest BCUT2D eigenvalue weighted by atomic mass is 10.0. The van der Waals surface area contributed by atoms with Crippen molar-refractivity contribution in [3.05, 3.63) is 18.2 Å². The summed E-state index contributed by atoms with van der Waals surface area (Å²) in [6, 6.07) is 0.522. The van der Waals surface area contributed by atoms with Gasteiger partial charge in [0.15, 0.2) is 0 Å². The summed E-state index contributed by atoms with van der Waals surface area (Å²) in [5, 5.41) is 0. The van der Waals surface area contributed by atoms with E-state index in [0.29, 0.717) is 11.9 Å². The Balaban J connectivity index is 1.67. The van der Waals surface area contributed by atoms with Crippen LogP contribution < -0.4 is 0 Å². The lowest BCUT2D eigenvalue weighted by Gasteiger charge is -2.37. The average Bonchev–Trinajstić information content (AvgIpc) is 3.23. The number of rotatable bonds is 5. The van der Waals surface area contributed by atoms with Crippen LogP contribution in [0.15, 0.2) is 12.4 Å². The van der Waals surface area contributed by atoms with Crippen LogP contribution >= 0.6 is 0 Å². The summed E-state index contributed by atoms with van der Waals surface area (Å²) < 4.78 is 2.29. The quantitative estimate of drug-likeness (QED) is 0.837. The van der Waals surface area contributed by atoms with Gasteiger partial charge in [-0.3, -0.25) is 9.69 Å². The van der Waals surface area contributed by atoms with Crippen molar-refractivity contribution >= 4 is 5.91 Å². The van der Waals surface area contributed by atoms with Crippen molar-refractivity contribution in [1.29, 1.82) is 0 Å². The Kier molecular flexibility index (Phi) is 5.36. The van der Waals surface area contributed by atoms with Crippen molar-refractivity contribution in [2.45, 2.75) is 64.5 Å². The lowest BCUT2D eigenvalue weighted by Crippen LogP contribution is -2.49. The summed E-state index contributed by atoms with van der Waals surface area (Å²) in [5.41, 5.74) is 0. The van der Waals surface area contributed by atoms with Crippen LogP contribution in [-0.2, 0) is 11.2 Å². The molecular weight excluding hydrogens is 288 g/mol. The van der Waals surface area contributed by atoms with Gasteiger partial charge in [-0.15, -0.1) is 0 Å². The van der Waals surface area contributed by atoms with E-state index in [1.54, 1.807) is 0 Å². The highest BCUT2D eigenvalue weighted by Crippen LogP contribution is 2.26. The molecule has 128 valence electrons. The molecule has 2 fully saturated rings. The van der Waals surface area contributed by atoms with Gasteiger partial charge in [0.05, 0.1) is 12.1 Å². The molecule has 0 aromatic carbocycles. The minimum Gasteiger partial charge on any atom is -0.339 e. The fourth-order valence-electron chi connectivity index (χ4n) is 4.20. The fourth-order valence-corrected chi connectivity index (χ4v) is 4.20. The van der Waals surface area contributed by atoms with Gasteiger partial charge < -0.3 is 9.47 Å². The second kappa shape index (κ2) is 7.47. The molecule has 0 unspecified atom stereocenters. The molecule has 2 saturated heterocycles. The lowest BCUT2D eigenvalue weighted by molar-refractivity contribution is -0.137. The summed E-state index contributed by atoms with van der Waals surface area (Å²) >= 11 is 0. The Morgan fingerprint density at radius 2 is 2.09 bits per heavy atom. The third-order valence-corrected chi connectivity index (χ3v) is 5.33. The largest absolute Gasteiger partial charge is 0.339 e. The third-order valence-electron chi connectivity index (χ3n) is 5.33. The first kappa shape index (κ1) is 16.5. The normalized spacial score (nSPS) is 25.9. The van der Waals surface area contributed by atoms with Crippen LogP contribution in [0.4, 0.5) is 0 Å². The van der Waals surface area contributed by atoms with Crippen molar-refractivity contribution < 1.29 is 4.79 Å². The van der Waals surface area contributed by atoms with E-state index in [9.17, 15) is 4.79 Å². The average molecular weight is 318 g/mol. The van der Waals surface area contributed by atoms with E-state index in [0.717, 1.165) is 70.5 Å². The Morgan fingerprint density at radius 3 is 2.87 bits per heavy atom. The van der Waals surface area contributed by atoms with Crippen LogP contribution in [0.1, 0.15) is 57.8 Å². The first-order valence-corrected chi connectivity index (χ1v) is 9.29. The van der Waals surface area contributed by atoms with Crippen LogP contribution in [0.2, 0.25) is 0 Å². The van der Waals surface area contributed by atoms with E-state index in [1.165, 1.54) is 0 Å². The number of hydrogen-bond donors (Lipinski definition) is 0. The molecule has 2 atom stereocenters. The molecule has 1 aromatic heterocycles. The fraction of sp³-hybridized carbons (Fsp3) is 0.778. The van der Waals surface area contributed by atoms with E-state index in [-0.39, 0.29) is 6.04 Å². The van der Waals surface area contributed by atoms with Gasteiger partial charge >= 0.3 is 0 Å². The van der Waals surface area contributed by atoms with Crippen molar-refractivity contribution in [2.75, 3.05) is 26.2 Å². The highest BCUT2D eigenvalue weighted by atomic mass is 16.2. The van der Waals surface area contributed by atoms with Gasteiger partial charge in [-0.05, 0) is 45.2 Å². The zero-order valence-corrected chi connectivity index (χ0v) is 14.6. The summed E-state index contributed by atoms with van der Waals surface area (Å²) in [6.45, 7) is 8.24. The van der Waals surface area contributed by atoms with Crippen molar-refractivity contribution in [1.82, 2.24) is 19.4 Å². The van der Waals surface area contributed by atoms with E-state index >= 15 is 0 Å². The van der Waals surface area contributed by atoms with Crippen molar-refractivity contribution in [3.8, 4) is 0 Å². The molecule has 5 nitrogen and oxygen atoms in total. The second-order valence-electron chi connectivity index (χ2n) is 6.88. The third kappa shape index (κ3) is 3.44. The first-order valence-electron chi connectivity index (χ1n) is 9.29. The zero-order valence-electron chi connectivity index (χ0n) is 14.6. The number of aromatic nitrogens is 2. The van der Waals surface area contributed by atoms with E-state index in [4.69, 9.17) is 0 Å². The minimum atomic E-state index is 0.127.